The van der Waals surface area contributed by atoms with E-state index in [9.17, 15) is 4.79 Å². The zero-order chi connectivity index (χ0) is 13.1. The molecule has 0 spiro atoms. The minimum atomic E-state index is -0.0221. The number of benzene rings is 1. The van der Waals surface area contributed by atoms with Gasteiger partial charge in [0.15, 0.2) is 0 Å². The third-order valence-corrected chi connectivity index (χ3v) is 3.75. The number of para-hydroxylation sites is 1. The Morgan fingerprint density at radius 2 is 2.11 bits per heavy atom. The summed E-state index contributed by atoms with van der Waals surface area (Å²) in [6.07, 6.45) is 0.700. The number of thiophene rings is 1. The summed E-state index contributed by atoms with van der Waals surface area (Å²) in [6, 6.07) is 13.6. The predicted octanol–water partition coefficient (Wildman–Crippen LogP) is 3.47. The lowest BCUT2D eigenvalue weighted by molar-refractivity contribution is 0.0958. The lowest BCUT2D eigenvalue weighted by Gasteiger charge is -2.01. The van der Waals surface area contributed by atoms with Crippen molar-refractivity contribution in [3.05, 3.63) is 58.5 Å². The molecule has 0 aliphatic heterocycles. The van der Waals surface area contributed by atoms with Crippen LogP contribution in [0.25, 0.3) is 11.0 Å². The number of rotatable bonds is 4. The van der Waals surface area contributed by atoms with Crippen LogP contribution >= 0.6 is 11.3 Å². The topological polar surface area (TPSA) is 42.2 Å². The molecule has 0 fully saturated rings. The Hall–Kier alpha value is -2.07. The van der Waals surface area contributed by atoms with Gasteiger partial charge in [0.05, 0.1) is 4.88 Å². The van der Waals surface area contributed by atoms with Crippen molar-refractivity contribution in [2.45, 2.75) is 6.42 Å². The van der Waals surface area contributed by atoms with E-state index in [1.165, 1.54) is 11.3 Å². The van der Waals surface area contributed by atoms with Crippen LogP contribution in [-0.2, 0) is 6.42 Å². The van der Waals surface area contributed by atoms with Crippen molar-refractivity contribution in [3.8, 4) is 0 Å². The molecule has 3 rings (SSSR count). The molecule has 2 aromatic heterocycles. The minimum Gasteiger partial charge on any atom is -0.461 e. The number of nitrogens with one attached hydrogen (secondary N) is 1. The van der Waals surface area contributed by atoms with E-state index in [-0.39, 0.29) is 5.91 Å². The number of carbonyl (C=O) groups is 1. The molecule has 1 aromatic carbocycles. The summed E-state index contributed by atoms with van der Waals surface area (Å²) in [4.78, 5) is 12.5. The molecular formula is C15H13NO2S. The first kappa shape index (κ1) is 12.0. The molecule has 0 unspecified atom stereocenters. The number of hydrogen-bond donors (Lipinski definition) is 1. The molecule has 3 nitrogen and oxygen atoms in total. The van der Waals surface area contributed by atoms with Crippen molar-refractivity contribution in [1.82, 2.24) is 5.32 Å². The van der Waals surface area contributed by atoms with Gasteiger partial charge in [-0.25, -0.2) is 0 Å². The number of furan rings is 1. The molecular weight excluding hydrogens is 258 g/mol. The number of amides is 1. The van der Waals surface area contributed by atoms with E-state index in [4.69, 9.17) is 4.42 Å². The molecule has 0 saturated heterocycles. The molecule has 19 heavy (non-hydrogen) atoms. The monoisotopic (exact) mass is 271 g/mol. The Labute approximate surface area is 114 Å². The first-order chi connectivity index (χ1) is 9.33. The molecule has 1 amide bonds. The van der Waals surface area contributed by atoms with Crippen LogP contribution in [0.5, 0.6) is 0 Å². The fourth-order valence-electron chi connectivity index (χ4n) is 1.95. The van der Waals surface area contributed by atoms with Gasteiger partial charge in [-0.3, -0.25) is 4.79 Å². The van der Waals surface area contributed by atoms with E-state index in [2.05, 4.69) is 5.32 Å². The van der Waals surface area contributed by atoms with Crippen LogP contribution in [0.4, 0.5) is 0 Å². The molecule has 0 atom stereocenters. The summed E-state index contributed by atoms with van der Waals surface area (Å²) in [6.45, 7) is 0.580. The highest BCUT2D eigenvalue weighted by molar-refractivity contribution is 7.12. The van der Waals surface area contributed by atoms with Crippen molar-refractivity contribution in [3.63, 3.8) is 0 Å². The van der Waals surface area contributed by atoms with Crippen LogP contribution in [0.3, 0.4) is 0 Å². The van der Waals surface area contributed by atoms with Crippen molar-refractivity contribution in [2.75, 3.05) is 6.54 Å². The molecule has 2 heterocycles. The van der Waals surface area contributed by atoms with Crippen molar-refractivity contribution in [1.29, 1.82) is 0 Å². The van der Waals surface area contributed by atoms with E-state index in [0.717, 1.165) is 21.6 Å². The second-order valence-electron chi connectivity index (χ2n) is 4.23. The normalized spacial score (nSPS) is 10.7. The molecule has 96 valence electrons. The van der Waals surface area contributed by atoms with E-state index in [1.807, 2.05) is 47.8 Å². The smallest absolute Gasteiger partial charge is 0.261 e. The first-order valence-corrected chi connectivity index (χ1v) is 7.00. The van der Waals surface area contributed by atoms with Crippen molar-refractivity contribution in [2.24, 2.45) is 0 Å². The molecule has 0 radical (unpaired) electrons. The molecule has 4 heteroatoms. The SMILES string of the molecule is O=C(NCCc1cc2ccccc2o1)c1cccs1. The van der Waals surface area contributed by atoms with Gasteiger partial charge in [0.1, 0.15) is 11.3 Å². The standard InChI is InChI=1S/C15H13NO2S/c17-15(14-6-3-9-19-14)16-8-7-12-10-11-4-1-2-5-13(11)18-12/h1-6,9-10H,7-8H2,(H,16,17). The van der Waals surface area contributed by atoms with Gasteiger partial charge < -0.3 is 9.73 Å². The third kappa shape index (κ3) is 2.69. The molecule has 0 saturated carbocycles. The second-order valence-corrected chi connectivity index (χ2v) is 5.18. The molecule has 3 aromatic rings. The lowest BCUT2D eigenvalue weighted by atomic mass is 10.2. The lowest BCUT2D eigenvalue weighted by Crippen LogP contribution is -2.24. The summed E-state index contributed by atoms with van der Waals surface area (Å²) in [5.74, 6) is 0.874. The van der Waals surface area contributed by atoms with E-state index < -0.39 is 0 Å². The summed E-state index contributed by atoms with van der Waals surface area (Å²) >= 11 is 1.45. The number of hydrogen-bond acceptors (Lipinski definition) is 3. The maximum Gasteiger partial charge on any atom is 0.261 e. The number of fused-ring (bicyclic) bond motifs is 1. The molecule has 0 aliphatic rings. The highest BCUT2D eigenvalue weighted by Gasteiger charge is 2.07. The molecule has 1 N–H and O–H groups in total. The van der Waals surface area contributed by atoms with Crippen LogP contribution in [0, 0.1) is 0 Å². The quantitative estimate of drug-likeness (QED) is 0.789. The Kier molecular flexibility index (Phi) is 3.33. The predicted molar refractivity (Wildman–Crippen MR) is 76.6 cm³/mol. The van der Waals surface area contributed by atoms with E-state index >= 15 is 0 Å². The maximum atomic E-state index is 11.7. The summed E-state index contributed by atoms with van der Waals surface area (Å²) in [7, 11) is 0. The van der Waals surface area contributed by atoms with Crippen molar-refractivity contribution < 1.29 is 9.21 Å². The second kappa shape index (κ2) is 5.28. The number of carbonyl (C=O) groups excluding carboxylic acids is 1. The zero-order valence-electron chi connectivity index (χ0n) is 10.3. The summed E-state index contributed by atoms with van der Waals surface area (Å²) < 4.78 is 5.69. The van der Waals surface area contributed by atoms with Gasteiger partial charge in [0.2, 0.25) is 0 Å². The van der Waals surface area contributed by atoms with Crippen LogP contribution in [0.1, 0.15) is 15.4 Å². The Balaban J connectivity index is 1.59. The van der Waals surface area contributed by atoms with Gasteiger partial charge in [0, 0.05) is 18.4 Å². The van der Waals surface area contributed by atoms with Gasteiger partial charge in [-0.1, -0.05) is 24.3 Å². The van der Waals surface area contributed by atoms with Gasteiger partial charge in [-0.05, 0) is 23.6 Å². The average Bonchev–Trinajstić information content (AvgIpc) is 3.07. The van der Waals surface area contributed by atoms with Crippen LogP contribution in [0.15, 0.2) is 52.3 Å². The highest BCUT2D eigenvalue weighted by atomic mass is 32.1. The van der Waals surface area contributed by atoms with Crippen LogP contribution in [0.2, 0.25) is 0 Å². The van der Waals surface area contributed by atoms with E-state index in [1.54, 1.807) is 0 Å². The van der Waals surface area contributed by atoms with Gasteiger partial charge >= 0.3 is 0 Å². The summed E-state index contributed by atoms with van der Waals surface area (Å²) in [5, 5.41) is 5.89. The minimum absolute atomic E-state index is 0.0221. The van der Waals surface area contributed by atoms with Gasteiger partial charge in [0.25, 0.3) is 5.91 Å². The highest BCUT2D eigenvalue weighted by Crippen LogP contribution is 2.18. The Morgan fingerprint density at radius 3 is 2.89 bits per heavy atom. The van der Waals surface area contributed by atoms with Gasteiger partial charge in [-0.15, -0.1) is 11.3 Å². The third-order valence-electron chi connectivity index (χ3n) is 2.88. The zero-order valence-corrected chi connectivity index (χ0v) is 11.1. The largest absolute Gasteiger partial charge is 0.461 e. The molecule has 0 aliphatic carbocycles. The maximum absolute atomic E-state index is 11.7. The fourth-order valence-corrected chi connectivity index (χ4v) is 2.59. The molecule has 0 bridgehead atoms. The van der Waals surface area contributed by atoms with Gasteiger partial charge in [-0.2, -0.15) is 0 Å². The Morgan fingerprint density at radius 1 is 1.21 bits per heavy atom. The average molecular weight is 271 g/mol. The summed E-state index contributed by atoms with van der Waals surface area (Å²) in [5.41, 5.74) is 0.891. The van der Waals surface area contributed by atoms with Crippen molar-refractivity contribution >= 4 is 28.2 Å². The fraction of sp³-hybridized carbons (Fsp3) is 0.133. The first-order valence-electron chi connectivity index (χ1n) is 6.12. The Bertz CT molecular complexity index is 652. The van der Waals surface area contributed by atoms with Crippen LogP contribution in [-0.4, -0.2) is 12.5 Å². The van der Waals surface area contributed by atoms with Crippen LogP contribution < -0.4 is 5.32 Å². The van der Waals surface area contributed by atoms with E-state index in [0.29, 0.717) is 13.0 Å².